The average Bonchev–Trinajstić information content (AvgIpc) is 3.09. The van der Waals surface area contributed by atoms with E-state index in [1.165, 1.54) is 0 Å². The van der Waals surface area contributed by atoms with Crippen LogP contribution in [0.25, 0.3) is 0 Å². The number of nitriles is 1. The Morgan fingerprint density at radius 3 is 2.33 bits per heavy atom. The van der Waals surface area contributed by atoms with Crippen LogP contribution in [0, 0.1) is 17.2 Å². The molecule has 1 aliphatic heterocycles. The highest BCUT2D eigenvalue weighted by Gasteiger charge is 2.36. The van der Waals surface area contributed by atoms with Gasteiger partial charge in [-0.3, -0.25) is 9.59 Å². The second-order valence-corrected chi connectivity index (χ2v) is 6.72. The second-order valence-electron chi connectivity index (χ2n) is 6.72. The smallest absolute Gasteiger partial charge is 0.229 e. The Labute approximate surface area is 159 Å². The molecule has 1 saturated heterocycles. The van der Waals surface area contributed by atoms with Gasteiger partial charge in [0.1, 0.15) is 0 Å². The van der Waals surface area contributed by atoms with Gasteiger partial charge in [-0.15, -0.1) is 0 Å². The van der Waals surface area contributed by atoms with Crippen molar-refractivity contribution in [1.29, 1.82) is 5.26 Å². The zero-order chi connectivity index (χ0) is 19.4. The monoisotopic (exact) mass is 361 g/mol. The summed E-state index contributed by atoms with van der Waals surface area (Å²) >= 11 is 0. The zero-order valence-electron chi connectivity index (χ0n) is 15.7. The van der Waals surface area contributed by atoms with E-state index in [9.17, 15) is 9.59 Å². The fourth-order valence-corrected chi connectivity index (χ4v) is 3.53. The first-order valence-corrected chi connectivity index (χ1v) is 9.29. The number of carbonyl (C=O) groups excluding carboxylic acids is 2. The van der Waals surface area contributed by atoms with Crippen molar-refractivity contribution in [3.63, 3.8) is 0 Å². The molecule has 1 atom stereocenters. The van der Waals surface area contributed by atoms with Gasteiger partial charge in [0.15, 0.2) is 0 Å². The molecular formula is C22H23N3O2. The SMILES string of the molecule is CCc1cccc(CC)c1N1CC(C(=O)Nc2ccc(C#N)cc2)CC1=O. The Bertz CT molecular complexity index is 875. The number of para-hydroxylation sites is 1. The summed E-state index contributed by atoms with van der Waals surface area (Å²) in [5, 5.41) is 11.7. The average molecular weight is 361 g/mol. The molecule has 2 amide bonds. The molecule has 0 aromatic heterocycles. The van der Waals surface area contributed by atoms with E-state index in [4.69, 9.17) is 5.26 Å². The normalized spacial score (nSPS) is 16.3. The maximum Gasteiger partial charge on any atom is 0.229 e. The molecule has 0 aliphatic carbocycles. The molecule has 2 aromatic carbocycles. The van der Waals surface area contributed by atoms with Crippen LogP contribution < -0.4 is 10.2 Å². The van der Waals surface area contributed by atoms with Crippen molar-refractivity contribution in [3.05, 3.63) is 59.2 Å². The molecule has 2 aromatic rings. The highest BCUT2D eigenvalue weighted by atomic mass is 16.2. The minimum Gasteiger partial charge on any atom is -0.326 e. The first kappa shape index (κ1) is 18.7. The number of carbonyl (C=O) groups is 2. The van der Waals surface area contributed by atoms with Crippen LogP contribution in [0.15, 0.2) is 42.5 Å². The number of nitrogens with one attached hydrogen (secondary N) is 1. The third kappa shape index (κ3) is 3.85. The molecule has 5 nitrogen and oxygen atoms in total. The van der Waals surface area contributed by atoms with Gasteiger partial charge in [0.2, 0.25) is 11.8 Å². The van der Waals surface area contributed by atoms with Crippen molar-refractivity contribution in [3.8, 4) is 6.07 Å². The number of hydrogen-bond donors (Lipinski definition) is 1. The van der Waals surface area contributed by atoms with E-state index >= 15 is 0 Å². The molecule has 1 aliphatic rings. The lowest BCUT2D eigenvalue weighted by Crippen LogP contribution is -2.29. The number of hydrogen-bond acceptors (Lipinski definition) is 3. The highest BCUT2D eigenvalue weighted by molar-refractivity contribution is 6.04. The molecule has 0 radical (unpaired) electrons. The van der Waals surface area contributed by atoms with Gasteiger partial charge < -0.3 is 10.2 Å². The van der Waals surface area contributed by atoms with E-state index in [2.05, 4.69) is 19.2 Å². The number of benzene rings is 2. The first-order chi connectivity index (χ1) is 13.1. The summed E-state index contributed by atoms with van der Waals surface area (Å²) < 4.78 is 0. The van der Waals surface area contributed by atoms with Crippen LogP contribution in [0.2, 0.25) is 0 Å². The van der Waals surface area contributed by atoms with E-state index < -0.39 is 0 Å². The maximum absolute atomic E-state index is 12.7. The van der Waals surface area contributed by atoms with Crippen molar-refractivity contribution in [1.82, 2.24) is 0 Å². The number of aryl methyl sites for hydroxylation is 2. The Hall–Kier alpha value is -3.13. The fraction of sp³-hybridized carbons (Fsp3) is 0.318. The van der Waals surface area contributed by atoms with E-state index in [0.717, 1.165) is 29.7 Å². The van der Waals surface area contributed by atoms with E-state index in [1.807, 2.05) is 24.3 Å². The molecule has 138 valence electrons. The molecule has 3 rings (SSSR count). The summed E-state index contributed by atoms with van der Waals surface area (Å²) in [7, 11) is 0. The van der Waals surface area contributed by atoms with Gasteiger partial charge in [0, 0.05) is 24.3 Å². The Morgan fingerprint density at radius 2 is 1.78 bits per heavy atom. The van der Waals surface area contributed by atoms with Crippen LogP contribution in [-0.4, -0.2) is 18.4 Å². The van der Waals surface area contributed by atoms with Crippen LogP contribution in [0.1, 0.15) is 37.0 Å². The maximum atomic E-state index is 12.7. The summed E-state index contributed by atoms with van der Waals surface area (Å²) in [4.78, 5) is 27.1. The molecule has 1 unspecified atom stereocenters. The number of rotatable bonds is 5. The number of amides is 2. The van der Waals surface area contributed by atoms with Gasteiger partial charge in [0.05, 0.1) is 17.6 Å². The second kappa shape index (κ2) is 8.05. The molecule has 0 bridgehead atoms. The summed E-state index contributed by atoms with van der Waals surface area (Å²) in [5.41, 5.74) is 4.42. The van der Waals surface area contributed by atoms with Crippen molar-refractivity contribution in [2.45, 2.75) is 33.1 Å². The van der Waals surface area contributed by atoms with Gasteiger partial charge in [-0.2, -0.15) is 5.26 Å². The predicted molar refractivity (Wildman–Crippen MR) is 105 cm³/mol. The van der Waals surface area contributed by atoms with Crippen LogP contribution in [-0.2, 0) is 22.4 Å². The lowest BCUT2D eigenvalue weighted by atomic mass is 10.0. The van der Waals surface area contributed by atoms with Gasteiger partial charge in [-0.25, -0.2) is 0 Å². The minimum atomic E-state index is -0.386. The Kier molecular flexibility index (Phi) is 5.56. The molecule has 0 saturated carbocycles. The fourth-order valence-electron chi connectivity index (χ4n) is 3.53. The molecular weight excluding hydrogens is 338 g/mol. The predicted octanol–water partition coefficient (Wildman–Crippen LogP) is 3.67. The van der Waals surface area contributed by atoms with Crippen LogP contribution >= 0.6 is 0 Å². The zero-order valence-corrected chi connectivity index (χ0v) is 15.7. The van der Waals surface area contributed by atoms with Crippen molar-refractivity contribution >= 4 is 23.2 Å². The Morgan fingerprint density at radius 1 is 1.15 bits per heavy atom. The van der Waals surface area contributed by atoms with Gasteiger partial charge in [-0.1, -0.05) is 32.0 Å². The number of nitrogens with zero attached hydrogens (tertiary/aromatic N) is 2. The van der Waals surface area contributed by atoms with Crippen molar-refractivity contribution in [2.75, 3.05) is 16.8 Å². The minimum absolute atomic E-state index is 0.00872. The highest BCUT2D eigenvalue weighted by Crippen LogP contribution is 2.32. The first-order valence-electron chi connectivity index (χ1n) is 9.29. The van der Waals surface area contributed by atoms with E-state index in [0.29, 0.717) is 17.8 Å². The molecule has 0 spiro atoms. The lowest BCUT2D eigenvalue weighted by Gasteiger charge is -2.23. The van der Waals surface area contributed by atoms with Gasteiger partial charge >= 0.3 is 0 Å². The Balaban J connectivity index is 1.77. The number of anilines is 2. The summed E-state index contributed by atoms with van der Waals surface area (Å²) in [5.74, 6) is -0.559. The molecule has 1 fully saturated rings. The van der Waals surface area contributed by atoms with E-state index in [-0.39, 0.29) is 24.2 Å². The van der Waals surface area contributed by atoms with Crippen LogP contribution in [0.3, 0.4) is 0 Å². The topological polar surface area (TPSA) is 73.2 Å². The van der Waals surface area contributed by atoms with E-state index in [1.54, 1.807) is 29.2 Å². The molecule has 27 heavy (non-hydrogen) atoms. The van der Waals surface area contributed by atoms with Crippen LogP contribution in [0.5, 0.6) is 0 Å². The molecule has 1 N–H and O–H groups in total. The largest absolute Gasteiger partial charge is 0.326 e. The van der Waals surface area contributed by atoms with Crippen LogP contribution in [0.4, 0.5) is 11.4 Å². The molecule has 5 heteroatoms. The lowest BCUT2D eigenvalue weighted by molar-refractivity contribution is -0.122. The van der Waals surface area contributed by atoms with Crippen molar-refractivity contribution in [2.24, 2.45) is 5.92 Å². The summed E-state index contributed by atoms with van der Waals surface area (Å²) in [6.07, 6.45) is 1.90. The third-order valence-corrected chi connectivity index (χ3v) is 5.01. The standard InChI is InChI=1S/C22H23N3O2/c1-3-16-6-5-7-17(4-2)21(16)25-14-18(12-20(25)26)22(27)24-19-10-8-15(13-23)9-11-19/h5-11,18H,3-4,12,14H2,1-2H3,(H,24,27). The quantitative estimate of drug-likeness (QED) is 0.883. The van der Waals surface area contributed by atoms with Gasteiger partial charge in [0.25, 0.3) is 0 Å². The van der Waals surface area contributed by atoms with Crippen molar-refractivity contribution < 1.29 is 9.59 Å². The van der Waals surface area contributed by atoms with Gasteiger partial charge in [-0.05, 0) is 48.2 Å². The summed E-state index contributed by atoms with van der Waals surface area (Å²) in [6.45, 7) is 4.55. The third-order valence-electron chi connectivity index (χ3n) is 5.01. The molecule has 1 heterocycles. The summed E-state index contributed by atoms with van der Waals surface area (Å²) in [6, 6.07) is 14.9.